The minimum atomic E-state index is -0.163. The molecule has 3 rings (SSSR count). The molecule has 0 atom stereocenters. The molecule has 116 valence electrons. The van der Waals surface area contributed by atoms with Gasteiger partial charge >= 0.3 is 0 Å². The average molecular weight is 307 g/mol. The van der Waals surface area contributed by atoms with E-state index in [1.807, 2.05) is 56.3 Å². The van der Waals surface area contributed by atoms with E-state index in [0.29, 0.717) is 17.3 Å². The summed E-state index contributed by atoms with van der Waals surface area (Å²) in [5.41, 5.74) is 3.68. The predicted molar refractivity (Wildman–Crippen MR) is 86.8 cm³/mol. The Balaban J connectivity index is 1.65. The van der Waals surface area contributed by atoms with Gasteiger partial charge < -0.3 is 9.73 Å². The molecule has 0 fully saturated rings. The summed E-state index contributed by atoms with van der Waals surface area (Å²) in [5, 5.41) is 10.8. The highest BCUT2D eigenvalue weighted by molar-refractivity contribution is 5.94. The third-order valence-electron chi connectivity index (χ3n) is 3.45. The van der Waals surface area contributed by atoms with Crippen molar-refractivity contribution in [1.29, 1.82) is 0 Å². The molecule has 0 saturated heterocycles. The van der Waals surface area contributed by atoms with E-state index >= 15 is 0 Å². The topological polar surface area (TPSA) is 68.0 Å². The number of aryl methyl sites for hydroxylation is 2. The van der Waals surface area contributed by atoms with Gasteiger partial charge in [-0.15, -0.1) is 10.2 Å². The molecule has 0 spiro atoms. The van der Waals surface area contributed by atoms with E-state index in [2.05, 4.69) is 15.5 Å². The third-order valence-corrected chi connectivity index (χ3v) is 3.45. The van der Waals surface area contributed by atoms with Crippen molar-refractivity contribution in [3.05, 3.63) is 71.1 Å². The lowest BCUT2D eigenvalue weighted by atomic mass is 10.1. The zero-order valence-electron chi connectivity index (χ0n) is 13.0. The number of rotatable bonds is 4. The van der Waals surface area contributed by atoms with Gasteiger partial charge in [0.1, 0.15) is 0 Å². The first-order chi connectivity index (χ1) is 11.1. The lowest BCUT2D eigenvalue weighted by Gasteiger charge is -2.03. The van der Waals surface area contributed by atoms with Crippen molar-refractivity contribution in [2.24, 2.45) is 0 Å². The number of nitrogens with one attached hydrogen (secondary N) is 1. The Hall–Kier alpha value is -2.95. The summed E-state index contributed by atoms with van der Waals surface area (Å²) in [6, 6.07) is 15.2. The fraction of sp³-hybridized carbons (Fsp3) is 0.167. The van der Waals surface area contributed by atoms with E-state index in [1.54, 1.807) is 6.07 Å². The molecule has 1 amide bonds. The van der Waals surface area contributed by atoms with Gasteiger partial charge in [-0.25, -0.2) is 0 Å². The second-order valence-corrected chi connectivity index (χ2v) is 5.42. The van der Waals surface area contributed by atoms with Gasteiger partial charge in [0.05, 0.1) is 6.54 Å². The second-order valence-electron chi connectivity index (χ2n) is 5.42. The maximum Gasteiger partial charge on any atom is 0.251 e. The molecule has 23 heavy (non-hydrogen) atoms. The highest BCUT2D eigenvalue weighted by Gasteiger charge is 2.10. The summed E-state index contributed by atoms with van der Waals surface area (Å²) in [6.45, 7) is 4.16. The smallest absolute Gasteiger partial charge is 0.251 e. The van der Waals surface area contributed by atoms with E-state index in [9.17, 15) is 4.79 Å². The van der Waals surface area contributed by atoms with Gasteiger partial charge in [0, 0.05) is 11.1 Å². The predicted octanol–water partition coefficient (Wildman–Crippen LogP) is 3.28. The number of carbonyl (C=O) groups excluding carboxylic acids is 1. The van der Waals surface area contributed by atoms with Crippen molar-refractivity contribution in [3.8, 4) is 11.5 Å². The summed E-state index contributed by atoms with van der Waals surface area (Å²) < 4.78 is 5.58. The number of hydrogen-bond acceptors (Lipinski definition) is 4. The molecule has 0 radical (unpaired) electrons. The molecule has 2 aromatic carbocycles. The van der Waals surface area contributed by atoms with Crippen LogP contribution in [0.2, 0.25) is 0 Å². The van der Waals surface area contributed by atoms with E-state index in [0.717, 1.165) is 11.1 Å². The fourth-order valence-electron chi connectivity index (χ4n) is 2.18. The molecule has 0 unspecified atom stereocenters. The summed E-state index contributed by atoms with van der Waals surface area (Å²) in [5.74, 6) is 0.662. The Morgan fingerprint density at radius 2 is 1.83 bits per heavy atom. The molecule has 0 saturated carbocycles. The van der Waals surface area contributed by atoms with Crippen LogP contribution in [0.3, 0.4) is 0 Å². The SMILES string of the molecule is Cc1ccc(-c2nnc(CNC(=O)c3cccc(C)c3)o2)cc1. The molecule has 1 heterocycles. The van der Waals surface area contributed by atoms with Crippen LogP contribution in [-0.4, -0.2) is 16.1 Å². The van der Waals surface area contributed by atoms with Crippen LogP contribution in [0.25, 0.3) is 11.5 Å². The van der Waals surface area contributed by atoms with Gasteiger partial charge in [-0.05, 0) is 38.1 Å². The molecule has 3 aromatic rings. The molecular weight excluding hydrogens is 290 g/mol. The minimum absolute atomic E-state index is 0.163. The Kier molecular flexibility index (Phi) is 4.19. The van der Waals surface area contributed by atoms with Gasteiger partial charge in [0.25, 0.3) is 5.91 Å². The first kappa shape index (κ1) is 15.0. The summed E-state index contributed by atoms with van der Waals surface area (Å²) in [4.78, 5) is 12.1. The quantitative estimate of drug-likeness (QED) is 0.803. The van der Waals surface area contributed by atoms with E-state index < -0.39 is 0 Å². The summed E-state index contributed by atoms with van der Waals surface area (Å²) in [7, 11) is 0. The molecule has 0 aliphatic heterocycles. The lowest BCUT2D eigenvalue weighted by Crippen LogP contribution is -2.22. The number of benzene rings is 2. The van der Waals surface area contributed by atoms with Crippen molar-refractivity contribution >= 4 is 5.91 Å². The maximum absolute atomic E-state index is 12.1. The third kappa shape index (κ3) is 3.63. The number of nitrogens with zero attached hydrogens (tertiary/aromatic N) is 2. The monoisotopic (exact) mass is 307 g/mol. The Bertz CT molecular complexity index is 822. The zero-order chi connectivity index (χ0) is 16.2. The molecule has 5 heteroatoms. The summed E-state index contributed by atoms with van der Waals surface area (Å²) in [6.07, 6.45) is 0. The van der Waals surface area contributed by atoms with E-state index in [1.165, 1.54) is 5.56 Å². The molecule has 0 aliphatic rings. The zero-order valence-corrected chi connectivity index (χ0v) is 13.0. The van der Waals surface area contributed by atoms with Crippen LogP contribution in [0.1, 0.15) is 27.4 Å². The highest BCUT2D eigenvalue weighted by Crippen LogP contribution is 2.18. The van der Waals surface area contributed by atoms with Gasteiger partial charge in [-0.2, -0.15) is 0 Å². The molecular formula is C18H17N3O2. The van der Waals surface area contributed by atoms with Gasteiger partial charge in [-0.3, -0.25) is 4.79 Å². The van der Waals surface area contributed by atoms with Gasteiger partial charge in [-0.1, -0.05) is 35.4 Å². The van der Waals surface area contributed by atoms with Crippen molar-refractivity contribution in [1.82, 2.24) is 15.5 Å². The molecule has 0 bridgehead atoms. The van der Waals surface area contributed by atoms with Crippen LogP contribution in [0, 0.1) is 13.8 Å². The summed E-state index contributed by atoms with van der Waals surface area (Å²) >= 11 is 0. The molecule has 5 nitrogen and oxygen atoms in total. The second kappa shape index (κ2) is 6.44. The molecule has 1 aromatic heterocycles. The number of carbonyl (C=O) groups is 1. The Morgan fingerprint density at radius 1 is 1.04 bits per heavy atom. The van der Waals surface area contributed by atoms with Crippen LogP contribution in [-0.2, 0) is 6.54 Å². The highest BCUT2D eigenvalue weighted by atomic mass is 16.4. The minimum Gasteiger partial charge on any atom is -0.419 e. The normalized spacial score (nSPS) is 10.5. The van der Waals surface area contributed by atoms with Crippen LogP contribution >= 0.6 is 0 Å². The Morgan fingerprint density at radius 3 is 2.57 bits per heavy atom. The van der Waals surface area contributed by atoms with Gasteiger partial charge in [0.2, 0.25) is 11.8 Å². The van der Waals surface area contributed by atoms with Crippen LogP contribution in [0.4, 0.5) is 0 Å². The van der Waals surface area contributed by atoms with Crippen molar-refractivity contribution in [2.45, 2.75) is 20.4 Å². The van der Waals surface area contributed by atoms with Crippen LogP contribution < -0.4 is 5.32 Å². The van der Waals surface area contributed by atoms with Gasteiger partial charge in [0.15, 0.2) is 0 Å². The largest absolute Gasteiger partial charge is 0.419 e. The molecule has 1 N–H and O–H groups in total. The fourth-order valence-corrected chi connectivity index (χ4v) is 2.18. The van der Waals surface area contributed by atoms with Crippen LogP contribution in [0.5, 0.6) is 0 Å². The first-order valence-electron chi connectivity index (χ1n) is 7.36. The number of hydrogen-bond donors (Lipinski definition) is 1. The average Bonchev–Trinajstić information content (AvgIpc) is 3.02. The maximum atomic E-state index is 12.1. The Labute approximate surface area is 134 Å². The van der Waals surface area contributed by atoms with E-state index in [-0.39, 0.29) is 12.5 Å². The van der Waals surface area contributed by atoms with Crippen molar-refractivity contribution in [3.63, 3.8) is 0 Å². The van der Waals surface area contributed by atoms with Crippen LogP contribution in [0.15, 0.2) is 52.9 Å². The first-order valence-corrected chi connectivity index (χ1v) is 7.36. The number of aromatic nitrogens is 2. The lowest BCUT2D eigenvalue weighted by molar-refractivity contribution is 0.0947. The number of amides is 1. The molecule has 0 aliphatic carbocycles. The standard InChI is InChI=1S/C18H17N3O2/c1-12-6-8-14(9-7-12)18-21-20-16(23-18)11-19-17(22)15-5-3-4-13(2)10-15/h3-10H,11H2,1-2H3,(H,19,22). The van der Waals surface area contributed by atoms with Crippen molar-refractivity contribution in [2.75, 3.05) is 0 Å². The van der Waals surface area contributed by atoms with E-state index in [4.69, 9.17) is 4.42 Å². The van der Waals surface area contributed by atoms with Crippen molar-refractivity contribution < 1.29 is 9.21 Å².